The summed E-state index contributed by atoms with van der Waals surface area (Å²) in [6, 6.07) is -0.146. The van der Waals surface area contributed by atoms with Crippen LogP contribution in [-0.2, 0) is 14.3 Å². The molecule has 0 saturated heterocycles. The molecule has 2 atom stereocenters. The summed E-state index contributed by atoms with van der Waals surface area (Å²) >= 11 is 0. The van der Waals surface area contributed by atoms with Crippen LogP contribution >= 0.6 is 0 Å². The van der Waals surface area contributed by atoms with Gasteiger partial charge in [0.15, 0.2) is 0 Å². The molecule has 0 aromatic heterocycles. The average Bonchev–Trinajstić information content (AvgIpc) is 2.26. The number of carbonyl (C=O) groups excluding carboxylic acids is 1. The molecule has 0 fully saturated rings. The number of carboxylic acids is 1. The van der Waals surface area contributed by atoms with Crippen molar-refractivity contribution in [3.63, 3.8) is 0 Å². The number of nitrogens with zero attached hydrogens (tertiary/aromatic N) is 1. The van der Waals surface area contributed by atoms with E-state index in [0.29, 0.717) is 6.42 Å². The lowest BCUT2D eigenvalue weighted by Crippen LogP contribution is -2.49. The van der Waals surface area contributed by atoms with Crippen molar-refractivity contribution in [1.82, 2.24) is 4.90 Å². The molecule has 0 heterocycles. The number of aliphatic carboxylic acids is 1. The Hall–Kier alpha value is -1.14. The van der Waals surface area contributed by atoms with E-state index in [2.05, 4.69) is 0 Å². The molecule has 16 heavy (non-hydrogen) atoms. The van der Waals surface area contributed by atoms with Gasteiger partial charge >= 0.3 is 5.97 Å². The van der Waals surface area contributed by atoms with E-state index in [1.165, 1.54) is 12.0 Å². The molecule has 94 valence electrons. The second-order valence-electron chi connectivity index (χ2n) is 3.58. The number of hydrogen-bond donors (Lipinski definition) is 2. The number of carbonyl (C=O) groups is 2. The van der Waals surface area contributed by atoms with E-state index >= 15 is 0 Å². The van der Waals surface area contributed by atoms with Crippen molar-refractivity contribution in [1.29, 1.82) is 0 Å². The Labute approximate surface area is 95.4 Å². The molecule has 0 saturated carbocycles. The Kier molecular flexibility index (Phi) is 6.67. The maximum atomic E-state index is 11.9. The Morgan fingerprint density at radius 2 is 2.06 bits per heavy atom. The first-order valence-electron chi connectivity index (χ1n) is 5.23. The lowest BCUT2D eigenvalue weighted by atomic mass is 10.2. The highest BCUT2D eigenvalue weighted by Gasteiger charge is 2.27. The molecule has 0 rings (SSSR count). The van der Waals surface area contributed by atoms with E-state index in [9.17, 15) is 9.59 Å². The van der Waals surface area contributed by atoms with Crippen LogP contribution in [-0.4, -0.2) is 54.2 Å². The minimum absolute atomic E-state index is 0.0435. The zero-order valence-corrected chi connectivity index (χ0v) is 9.97. The van der Waals surface area contributed by atoms with E-state index in [1.54, 1.807) is 6.92 Å². The van der Waals surface area contributed by atoms with Crippen LogP contribution in [0.5, 0.6) is 0 Å². The topological polar surface area (TPSA) is 92.9 Å². The van der Waals surface area contributed by atoms with Crippen LogP contribution in [0.4, 0.5) is 0 Å². The second-order valence-corrected chi connectivity index (χ2v) is 3.58. The summed E-state index contributed by atoms with van der Waals surface area (Å²) in [5.74, 6) is -1.41. The third-order valence-electron chi connectivity index (χ3n) is 2.49. The number of nitrogens with two attached hydrogens (primary N) is 1. The third-order valence-corrected chi connectivity index (χ3v) is 2.49. The zero-order chi connectivity index (χ0) is 12.7. The molecule has 0 aliphatic rings. The van der Waals surface area contributed by atoms with Gasteiger partial charge in [-0.3, -0.25) is 9.59 Å². The summed E-state index contributed by atoms with van der Waals surface area (Å²) in [4.78, 5) is 23.8. The molecule has 0 spiro atoms. The van der Waals surface area contributed by atoms with Gasteiger partial charge in [0.25, 0.3) is 5.91 Å². The predicted molar refractivity (Wildman–Crippen MR) is 59.0 cm³/mol. The first-order valence-corrected chi connectivity index (χ1v) is 5.23. The summed E-state index contributed by atoms with van der Waals surface area (Å²) in [7, 11) is 1.38. The summed E-state index contributed by atoms with van der Waals surface area (Å²) in [6.45, 7) is 3.40. The van der Waals surface area contributed by atoms with Crippen LogP contribution < -0.4 is 5.73 Å². The minimum atomic E-state index is -1.04. The second kappa shape index (κ2) is 7.19. The zero-order valence-electron chi connectivity index (χ0n) is 9.97. The van der Waals surface area contributed by atoms with Crippen molar-refractivity contribution < 1.29 is 19.4 Å². The molecule has 1 amide bonds. The Morgan fingerprint density at radius 3 is 2.38 bits per heavy atom. The highest BCUT2D eigenvalue weighted by molar-refractivity contribution is 5.85. The van der Waals surface area contributed by atoms with Crippen LogP contribution in [0.15, 0.2) is 0 Å². The quantitative estimate of drug-likeness (QED) is 0.627. The lowest BCUT2D eigenvalue weighted by Gasteiger charge is -2.29. The fraction of sp³-hybridized carbons (Fsp3) is 0.800. The molecule has 0 aliphatic heterocycles. The molecule has 2 unspecified atom stereocenters. The molecular formula is C10H20N2O4. The molecule has 0 aromatic carbocycles. The van der Waals surface area contributed by atoms with Gasteiger partial charge in [0, 0.05) is 19.7 Å². The molecule has 6 heteroatoms. The number of methoxy groups -OCH3 is 1. The SMILES string of the molecule is CCC(C)N(CC(=O)O)C(=O)C(CN)OC. The van der Waals surface area contributed by atoms with E-state index in [-0.39, 0.29) is 25.0 Å². The number of amides is 1. The van der Waals surface area contributed by atoms with Gasteiger partial charge in [0.2, 0.25) is 0 Å². The van der Waals surface area contributed by atoms with E-state index < -0.39 is 12.1 Å². The van der Waals surface area contributed by atoms with E-state index in [1.807, 2.05) is 6.92 Å². The van der Waals surface area contributed by atoms with Crippen molar-refractivity contribution in [3.05, 3.63) is 0 Å². The fourth-order valence-corrected chi connectivity index (χ4v) is 1.30. The van der Waals surface area contributed by atoms with Crippen molar-refractivity contribution in [3.8, 4) is 0 Å². The summed E-state index contributed by atoms with van der Waals surface area (Å²) < 4.78 is 4.91. The third kappa shape index (κ3) is 4.16. The Bertz CT molecular complexity index is 241. The largest absolute Gasteiger partial charge is 0.480 e. The Morgan fingerprint density at radius 1 is 1.50 bits per heavy atom. The maximum Gasteiger partial charge on any atom is 0.323 e. The normalized spacial score (nSPS) is 14.2. The van der Waals surface area contributed by atoms with E-state index in [0.717, 1.165) is 0 Å². The number of carboxylic acid groups (broad SMARTS) is 1. The molecule has 0 radical (unpaired) electrons. The summed E-state index contributed by atoms with van der Waals surface area (Å²) in [5, 5.41) is 8.74. The molecule has 3 N–H and O–H groups in total. The molecule has 0 aliphatic carbocycles. The first kappa shape index (κ1) is 14.9. The van der Waals surface area contributed by atoms with Crippen LogP contribution in [0.2, 0.25) is 0 Å². The van der Waals surface area contributed by atoms with Crippen LogP contribution in [0.25, 0.3) is 0 Å². The number of ether oxygens (including phenoxy) is 1. The van der Waals surface area contributed by atoms with Gasteiger partial charge in [-0.05, 0) is 13.3 Å². The first-order chi connectivity index (χ1) is 7.47. The standard InChI is InChI=1S/C10H20N2O4/c1-4-7(2)12(6-9(13)14)10(15)8(5-11)16-3/h7-8H,4-6,11H2,1-3H3,(H,13,14). The average molecular weight is 232 g/mol. The molecule has 0 aromatic rings. The van der Waals surface area contributed by atoms with Crippen LogP contribution in [0.1, 0.15) is 20.3 Å². The maximum absolute atomic E-state index is 11.9. The highest BCUT2D eigenvalue weighted by atomic mass is 16.5. The molecule has 0 bridgehead atoms. The summed E-state index contributed by atoms with van der Waals surface area (Å²) in [5.41, 5.74) is 5.37. The lowest BCUT2D eigenvalue weighted by molar-refractivity contribution is -0.151. The van der Waals surface area contributed by atoms with Crippen molar-refractivity contribution in [2.75, 3.05) is 20.2 Å². The monoisotopic (exact) mass is 232 g/mol. The number of rotatable bonds is 7. The number of hydrogen-bond acceptors (Lipinski definition) is 4. The highest BCUT2D eigenvalue weighted by Crippen LogP contribution is 2.07. The van der Waals surface area contributed by atoms with Gasteiger partial charge in [0.05, 0.1) is 0 Å². The Balaban J connectivity index is 4.73. The molecular weight excluding hydrogens is 212 g/mol. The van der Waals surface area contributed by atoms with E-state index in [4.69, 9.17) is 15.6 Å². The predicted octanol–water partition coefficient (Wildman–Crippen LogP) is -0.328. The van der Waals surface area contributed by atoms with Crippen LogP contribution in [0.3, 0.4) is 0 Å². The van der Waals surface area contributed by atoms with Gasteiger partial charge in [-0.15, -0.1) is 0 Å². The van der Waals surface area contributed by atoms with Crippen molar-refractivity contribution in [2.24, 2.45) is 5.73 Å². The molecule has 6 nitrogen and oxygen atoms in total. The van der Waals surface area contributed by atoms with Gasteiger partial charge in [-0.25, -0.2) is 0 Å². The van der Waals surface area contributed by atoms with Crippen LogP contribution in [0, 0.1) is 0 Å². The van der Waals surface area contributed by atoms with Gasteiger partial charge < -0.3 is 20.5 Å². The smallest absolute Gasteiger partial charge is 0.323 e. The van der Waals surface area contributed by atoms with Gasteiger partial charge in [-0.2, -0.15) is 0 Å². The van der Waals surface area contributed by atoms with Crippen molar-refractivity contribution >= 4 is 11.9 Å². The minimum Gasteiger partial charge on any atom is -0.480 e. The summed E-state index contributed by atoms with van der Waals surface area (Å²) in [6.07, 6.45) is -0.0895. The van der Waals surface area contributed by atoms with Gasteiger partial charge in [-0.1, -0.05) is 6.92 Å². The fourth-order valence-electron chi connectivity index (χ4n) is 1.30. The van der Waals surface area contributed by atoms with Gasteiger partial charge in [0.1, 0.15) is 12.6 Å². The van der Waals surface area contributed by atoms with Crippen molar-refractivity contribution in [2.45, 2.75) is 32.4 Å².